The van der Waals surface area contributed by atoms with E-state index in [0.717, 1.165) is 30.2 Å². The van der Waals surface area contributed by atoms with Crippen molar-refractivity contribution in [3.8, 4) is 0 Å². The maximum absolute atomic E-state index is 4.21. The van der Waals surface area contributed by atoms with E-state index in [4.69, 9.17) is 0 Å². The molecule has 0 unspecified atom stereocenters. The van der Waals surface area contributed by atoms with E-state index < -0.39 is 0 Å². The fourth-order valence-electron chi connectivity index (χ4n) is 1.47. The number of hydrogen-bond donors (Lipinski definition) is 1. The zero-order chi connectivity index (χ0) is 11.4. The summed E-state index contributed by atoms with van der Waals surface area (Å²) in [6.45, 7) is 2.80. The van der Waals surface area contributed by atoms with Crippen LogP contribution in [-0.4, -0.2) is 26.3 Å². The first-order valence-electron chi connectivity index (χ1n) is 5.25. The third-order valence-electron chi connectivity index (χ3n) is 2.22. The van der Waals surface area contributed by atoms with E-state index in [1.165, 1.54) is 0 Å². The van der Waals surface area contributed by atoms with Gasteiger partial charge in [-0.15, -0.1) is 0 Å². The molecule has 0 atom stereocenters. The van der Waals surface area contributed by atoms with Crippen LogP contribution >= 0.6 is 0 Å². The Balaban J connectivity index is 1.84. The van der Waals surface area contributed by atoms with Crippen molar-refractivity contribution in [2.75, 3.05) is 11.9 Å². The van der Waals surface area contributed by atoms with Gasteiger partial charge in [-0.3, -0.25) is 9.67 Å². The molecule has 0 saturated heterocycles. The second-order valence-electron chi connectivity index (χ2n) is 3.70. The highest BCUT2D eigenvalue weighted by Crippen LogP contribution is 2.06. The third kappa shape index (κ3) is 2.79. The smallest absolute Gasteiger partial charge is 0.152 e. The summed E-state index contributed by atoms with van der Waals surface area (Å²) in [7, 11) is 1.87. The second-order valence-corrected chi connectivity index (χ2v) is 3.70. The highest BCUT2D eigenvalue weighted by atomic mass is 15.3. The Hall–Kier alpha value is -1.91. The molecule has 0 aliphatic heterocycles. The Labute approximate surface area is 94.5 Å². The molecule has 0 radical (unpaired) electrons. The zero-order valence-electron chi connectivity index (χ0n) is 9.51. The Kier molecular flexibility index (Phi) is 3.14. The van der Waals surface area contributed by atoms with Crippen LogP contribution in [0.25, 0.3) is 0 Å². The first-order chi connectivity index (χ1) is 7.74. The average Bonchev–Trinajstić information content (AvgIpc) is 2.64. The van der Waals surface area contributed by atoms with Gasteiger partial charge < -0.3 is 5.32 Å². The molecule has 0 aliphatic rings. The Bertz CT molecular complexity index is 463. The first-order valence-corrected chi connectivity index (χ1v) is 5.25. The molecule has 0 bridgehead atoms. The number of nitrogens with zero attached hydrogens (tertiary/aromatic N) is 4. The topological polar surface area (TPSA) is 55.6 Å². The molecular formula is C11H15N5. The van der Waals surface area contributed by atoms with E-state index in [2.05, 4.69) is 20.4 Å². The number of aryl methyl sites for hydroxylation is 2. The van der Waals surface area contributed by atoms with Crippen molar-refractivity contribution < 1.29 is 0 Å². The highest BCUT2D eigenvalue weighted by Gasteiger charge is 1.98. The maximum atomic E-state index is 4.21. The molecule has 0 saturated carbocycles. The third-order valence-corrected chi connectivity index (χ3v) is 2.22. The number of anilines is 1. The predicted molar refractivity (Wildman–Crippen MR) is 62.2 cm³/mol. The molecule has 2 rings (SSSR count). The molecule has 0 aliphatic carbocycles. The van der Waals surface area contributed by atoms with Gasteiger partial charge in [0.15, 0.2) is 5.82 Å². The Morgan fingerprint density at radius 1 is 1.38 bits per heavy atom. The summed E-state index contributed by atoms with van der Waals surface area (Å²) in [6.07, 6.45) is 4.34. The fourth-order valence-corrected chi connectivity index (χ4v) is 1.47. The summed E-state index contributed by atoms with van der Waals surface area (Å²) < 4.78 is 1.71. The molecule has 1 N–H and O–H groups in total. The van der Waals surface area contributed by atoms with E-state index in [0.29, 0.717) is 0 Å². The van der Waals surface area contributed by atoms with Crippen LogP contribution in [0.15, 0.2) is 24.7 Å². The van der Waals surface area contributed by atoms with Crippen LogP contribution in [-0.2, 0) is 13.5 Å². The van der Waals surface area contributed by atoms with Crippen LogP contribution in [0.4, 0.5) is 5.69 Å². The lowest BCUT2D eigenvalue weighted by Crippen LogP contribution is -2.06. The number of aromatic nitrogens is 4. The van der Waals surface area contributed by atoms with Crippen LogP contribution < -0.4 is 5.32 Å². The van der Waals surface area contributed by atoms with Crippen LogP contribution in [0.3, 0.4) is 0 Å². The number of pyridine rings is 1. The van der Waals surface area contributed by atoms with E-state index in [9.17, 15) is 0 Å². The van der Waals surface area contributed by atoms with Crippen molar-refractivity contribution in [2.24, 2.45) is 7.05 Å². The van der Waals surface area contributed by atoms with Gasteiger partial charge in [0.05, 0.1) is 0 Å². The maximum Gasteiger partial charge on any atom is 0.152 e. The first kappa shape index (κ1) is 10.6. The van der Waals surface area contributed by atoms with Gasteiger partial charge >= 0.3 is 0 Å². The molecule has 2 aromatic heterocycles. The van der Waals surface area contributed by atoms with Gasteiger partial charge in [-0.05, 0) is 19.1 Å². The molecule has 16 heavy (non-hydrogen) atoms. The van der Waals surface area contributed by atoms with Crippen LogP contribution in [0.1, 0.15) is 11.5 Å². The van der Waals surface area contributed by atoms with Crippen LogP contribution in [0.5, 0.6) is 0 Å². The summed E-state index contributed by atoms with van der Waals surface area (Å²) in [5.41, 5.74) is 2.10. The molecule has 5 nitrogen and oxygen atoms in total. The molecule has 0 spiro atoms. The summed E-state index contributed by atoms with van der Waals surface area (Å²) >= 11 is 0. The predicted octanol–water partition coefficient (Wildman–Crippen LogP) is 1.17. The number of nitrogens with one attached hydrogen (secondary N) is 1. The standard InChI is InChI=1S/C11H15N5/c1-9-7-10(3-5-12-9)13-6-4-11-14-8-16(2)15-11/h3,5,7-8H,4,6H2,1-2H3,(H,12,13). The molecule has 0 amide bonds. The molecule has 84 valence electrons. The van der Waals surface area contributed by atoms with E-state index in [1.807, 2.05) is 26.1 Å². The lowest BCUT2D eigenvalue weighted by Gasteiger charge is -2.04. The van der Waals surface area contributed by atoms with Crippen molar-refractivity contribution in [2.45, 2.75) is 13.3 Å². The van der Waals surface area contributed by atoms with Gasteiger partial charge in [0.2, 0.25) is 0 Å². The number of hydrogen-bond acceptors (Lipinski definition) is 4. The number of rotatable bonds is 4. The van der Waals surface area contributed by atoms with Crippen LogP contribution in [0.2, 0.25) is 0 Å². The van der Waals surface area contributed by atoms with Gasteiger partial charge in [0, 0.05) is 37.6 Å². The van der Waals surface area contributed by atoms with E-state index >= 15 is 0 Å². The summed E-state index contributed by atoms with van der Waals surface area (Å²) in [5.74, 6) is 0.862. The summed E-state index contributed by atoms with van der Waals surface area (Å²) in [5, 5.41) is 7.53. The van der Waals surface area contributed by atoms with Crippen molar-refractivity contribution in [3.63, 3.8) is 0 Å². The van der Waals surface area contributed by atoms with Crippen molar-refractivity contribution >= 4 is 5.69 Å². The monoisotopic (exact) mass is 217 g/mol. The van der Waals surface area contributed by atoms with E-state index in [-0.39, 0.29) is 0 Å². The lowest BCUT2D eigenvalue weighted by molar-refractivity contribution is 0.742. The van der Waals surface area contributed by atoms with Gasteiger partial charge in [0.25, 0.3) is 0 Å². The molecular weight excluding hydrogens is 202 g/mol. The highest BCUT2D eigenvalue weighted by molar-refractivity contribution is 5.42. The van der Waals surface area contributed by atoms with Crippen molar-refractivity contribution in [3.05, 3.63) is 36.2 Å². The minimum Gasteiger partial charge on any atom is -0.384 e. The van der Waals surface area contributed by atoms with Crippen molar-refractivity contribution in [1.82, 2.24) is 19.7 Å². The summed E-state index contributed by atoms with van der Waals surface area (Å²) in [6, 6.07) is 3.98. The zero-order valence-corrected chi connectivity index (χ0v) is 9.51. The van der Waals surface area contributed by atoms with Crippen molar-refractivity contribution in [1.29, 1.82) is 0 Å². The molecule has 2 heterocycles. The molecule has 5 heteroatoms. The van der Waals surface area contributed by atoms with Gasteiger partial charge in [-0.25, -0.2) is 4.98 Å². The second kappa shape index (κ2) is 4.74. The minimum absolute atomic E-state index is 0.822. The Morgan fingerprint density at radius 2 is 2.25 bits per heavy atom. The quantitative estimate of drug-likeness (QED) is 0.835. The normalized spacial score (nSPS) is 10.4. The largest absolute Gasteiger partial charge is 0.384 e. The summed E-state index contributed by atoms with van der Waals surface area (Å²) in [4.78, 5) is 8.31. The SMILES string of the molecule is Cc1cc(NCCc2ncn(C)n2)ccn1. The fraction of sp³-hybridized carbons (Fsp3) is 0.364. The average molecular weight is 217 g/mol. The molecule has 0 aromatic carbocycles. The van der Waals surface area contributed by atoms with E-state index in [1.54, 1.807) is 17.2 Å². The lowest BCUT2D eigenvalue weighted by atomic mass is 10.3. The van der Waals surface area contributed by atoms with Gasteiger partial charge in [-0.2, -0.15) is 5.10 Å². The minimum atomic E-state index is 0.822. The van der Waals surface area contributed by atoms with Crippen LogP contribution in [0, 0.1) is 6.92 Å². The van der Waals surface area contributed by atoms with Gasteiger partial charge in [0.1, 0.15) is 6.33 Å². The van der Waals surface area contributed by atoms with Gasteiger partial charge in [-0.1, -0.05) is 0 Å². The molecule has 0 fully saturated rings. The molecule has 2 aromatic rings. The Morgan fingerprint density at radius 3 is 2.94 bits per heavy atom.